The van der Waals surface area contributed by atoms with Crippen molar-refractivity contribution in [1.29, 1.82) is 0 Å². The van der Waals surface area contributed by atoms with E-state index in [1.807, 2.05) is 12.1 Å². The summed E-state index contributed by atoms with van der Waals surface area (Å²) in [5.41, 5.74) is 0.777. The fourth-order valence-electron chi connectivity index (χ4n) is 2.27. The van der Waals surface area contributed by atoms with Crippen LogP contribution < -0.4 is 0 Å². The molecule has 0 aliphatic heterocycles. The highest BCUT2D eigenvalue weighted by molar-refractivity contribution is 9.10. The largest absolute Gasteiger partial charge is 0.296 e. The third-order valence-electron chi connectivity index (χ3n) is 3.56. The molecule has 1 aliphatic carbocycles. The molecule has 100 valence electrons. The number of benzene rings is 1. The molecule has 0 unspecified atom stereocenters. The Balaban J connectivity index is 2.02. The number of hydrogen-bond donors (Lipinski definition) is 0. The summed E-state index contributed by atoms with van der Waals surface area (Å²) in [6, 6.07) is 5.93. The van der Waals surface area contributed by atoms with Gasteiger partial charge in [-0.05, 0) is 37.9 Å². The van der Waals surface area contributed by atoms with Crippen LogP contribution in [-0.4, -0.2) is 23.4 Å². The molecule has 0 bridgehead atoms. The number of alkyl halides is 1. The van der Waals surface area contributed by atoms with Crippen molar-refractivity contribution in [3.8, 4) is 0 Å². The first-order chi connectivity index (χ1) is 8.70. The molecule has 4 heteroatoms. The summed E-state index contributed by atoms with van der Waals surface area (Å²) in [6.45, 7) is 1.66. The predicted octanol–water partition coefficient (Wildman–Crippen LogP) is 4.57. The van der Waals surface area contributed by atoms with E-state index >= 15 is 0 Å². The lowest BCUT2D eigenvalue weighted by Crippen LogP contribution is -2.40. The van der Waals surface area contributed by atoms with Crippen LogP contribution in [0.3, 0.4) is 0 Å². The molecule has 18 heavy (non-hydrogen) atoms. The maximum Gasteiger partial charge on any atom is 0.128 e. The molecule has 0 N–H and O–H groups in total. The predicted molar refractivity (Wildman–Crippen MR) is 77.5 cm³/mol. The monoisotopic (exact) mass is 333 g/mol. The molecule has 1 aliphatic rings. The Morgan fingerprint density at radius 2 is 2.17 bits per heavy atom. The first-order valence-corrected chi connectivity index (χ1v) is 7.77. The second kappa shape index (κ2) is 6.88. The number of hydrogen-bond acceptors (Lipinski definition) is 1. The van der Waals surface area contributed by atoms with Crippen molar-refractivity contribution in [3.05, 3.63) is 34.1 Å². The maximum atomic E-state index is 13.8. The Morgan fingerprint density at radius 3 is 2.72 bits per heavy atom. The van der Waals surface area contributed by atoms with Crippen molar-refractivity contribution in [2.45, 2.75) is 38.3 Å². The highest BCUT2D eigenvalue weighted by Gasteiger charge is 2.25. The SMILES string of the molecule is Fc1cc(Br)ccc1CN(CCCCl)C1CCC1. The molecule has 0 aromatic heterocycles. The number of rotatable bonds is 6. The van der Waals surface area contributed by atoms with Gasteiger partial charge in [0.1, 0.15) is 5.82 Å². The Kier molecular flexibility index (Phi) is 5.46. The van der Waals surface area contributed by atoms with Gasteiger partial charge in [0.25, 0.3) is 0 Å². The smallest absolute Gasteiger partial charge is 0.128 e. The molecule has 1 saturated carbocycles. The number of nitrogens with zero attached hydrogens (tertiary/aromatic N) is 1. The minimum Gasteiger partial charge on any atom is -0.296 e. The van der Waals surface area contributed by atoms with Crippen LogP contribution in [0.25, 0.3) is 0 Å². The van der Waals surface area contributed by atoms with E-state index in [1.54, 1.807) is 0 Å². The lowest BCUT2D eigenvalue weighted by molar-refractivity contribution is 0.118. The van der Waals surface area contributed by atoms with Gasteiger partial charge in [-0.2, -0.15) is 0 Å². The van der Waals surface area contributed by atoms with Crippen molar-refractivity contribution >= 4 is 27.5 Å². The van der Waals surface area contributed by atoms with Crippen LogP contribution in [-0.2, 0) is 6.54 Å². The standard InChI is InChI=1S/C14H18BrClFN/c15-12-6-5-11(14(17)9-12)10-18(8-2-7-16)13-3-1-4-13/h5-6,9,13H,1-4,7-8,10H2. The lowest BCUT2D eigenvalue weighted by Gasteiger charge is -2.37. The van der Waals surface area contributed by atoms with Gasteiger partial charge in [0.05, 0.1) is 0 Å². The minimum atomic E-state index is -0.125. The van der Waals surface area contributed by atoms with E-state index in [0.29, 0.717) is 18.5 Å². The molecular weight excluding hydrogens is 317 g/mol. The quantitative estimate of drug-likeness (QED) is 0.689. The Morgan fingerprint density at radius 1 is 1.39 bits per heavy atom. The van der Waals surface area contributed by atoms with Gasteiger partial charge < -0.3 is 0 Å². The van der Waals surface area contributed by atoms with E-state index in [4.69, 9.17) is 11.6 Å². The lowest BCUT2D eigenvalue weighted by atomic mass is 9.91. The molecule has 0 atom stereocenters. The number of halogens is 3. The zero-order chi connectivity index (χ0) is 13.0. The highest BCUT2D eigenvalue weighted by atomic mass is 79.9. The van der Waals surface area contributed by atoms with Gasteiger partial charge in [-0.3, -0.25) is 4.90 Å². The van der Waals surface area contributed by atoms with Crippen molar-refractivity contribution in [1.82, 2.24) is 4.90 Å². The van der Waals surface area contributed by atoms with Crippen LogP contribution in [0.1, 0.15) is 31.2 Å². The minimum absolute atomic E-state index is 0.125. The van der Waals surface area contributed by atoms with Gasteiger partial charge in [0.15, 0.2) is 0 Å². The van der Waals surface area contributed by atoms with Gasteiger partial charge in [0.2, 0.25) is 0 Å². The summed E-state index contributed by atoms with van der Waals surface area (Å²) in [4.78, 5) is 2.37. The molecule has 0 saturated heterocycles. The first-order valence-electron chi connectivity index (χ1n) is 6.44. The first kappa shape index (κ1) is 14.3. The van der Waals surface area contributed by atoms with Gasteiger partial charge in [-0.1, -0.05) is 28.4 Å². The van der Waals surface area contributed by atoms with E-state index in [9.17, 15) is 4.39 Å². The average molecular weight is 335 g/mol. The third-order valence-corrected chi connectivity index (χ3v) is 4.32. The van der Waals surface area contributed by atoms with Crippen LogP contribution in [0, 0.1) is 5.82 Å². The molecule has 1 fully saturated rings. The molecule has 1 nitrogen and oxygen atoms in total. The molecule has 2 rings (SSSR count). The summed E-state index contributed by atoms with van der Waals surface area (Å²) in [7, 11) is 0. The molecule has 0 heterocycles. The van der Waals surface area contributed by atoms with E-state index in [-0.39, 0.29) is 5.82 Å². The summed E-state index contributed by atoms with van der Waals surface area (Å²) in [5.74, 6) is 0.547. The van der Waals surface area contributed by atoms with Gasteiger partial charge >= 0.3 is 0 Å². The molecule has 0 spiro atoms. The van der Waals surface area contributed by atoms with Crippen LogP contribution in [0.5, 0.6) is 0 Å². The van der Waals surface area contributed by atoms with Gasteiger partial charge in [-0.25, -0.2) is 4.39 Å². The van der Waals surface area contributed by atoms with Crippen molar-refractivity contribution in [2.75, 3.05) is 12.4 Å². The molecular formula is C14H18BrClFN. The van der Waals surface area contributed by atoms with Crippen LogP contribution >= 0.6 is 27.5 Å². The van der Waals surface area contributed by atoms with E-state index < -0.39 is 0 Å². The summed E-state index contributed by atoms with van der Waals surface area (Å²) < 4.78 is 14.6. The fraction of sp³-hybridized carbons (Fsp3) is 0.571. The Bertz CT molecular complexity index is 395. The Labute approximate surface area is 121 Å². The normalized spacial score (nSPS) is 16.0. The zero-order valence-electron chi connectivity index (χ0n) is 10.3. The molecule has 0 amide bonds. The average Bonchev–Trinajstić information content (AvgIpc) is 2.27. The second-order valence-electron chi connectivity index (χ2n) is 4.83. The topological polar surface area (TPSA) is 3.24 Å². The van der Waals surface area contributed by atoms with Crippen molar-refractivity contribution in [3.63, 3.8) is 0 Å². The maximum absolute atomic E-state index is 13.8. The van der Waals surface area contributed by atoms with Crippen LogP contribution in [0.2, 0.25) is 0 Å². The third kappa shape index (κ3) is 3.69. The second-order valence-corrected chi connectivity index (χ2v) is 6.13. The molecule has 0 radical (unpaired) electrons. The zero-order valence-corrected chi connectivity index (χ0v) is 12.7. The molecule has 1 aromatic rings. The van der Waals surface area contributed by atoms with Crippen LogP contribution in [0.15, 0.2) is 22.7 Å². The van der Waals surface area contributed by atoms with Crippen molar-refractivity contribution in [2.24, 2.45) is 0 Å². The summed E-state index contributed by atoms with van der Waals surface area (Å²) in [5, 5.41) is 0. The van der Waals surface area contributed by atoms with E-state index in [0.717, 1.165) is 23.0 Å². The summed E-state index contributed by atoms with van der Waals surface area (Å²) >= 11 is 9.05. The van der Waals surface area contributed by atoms with Gasteiger partial charge in [0, 0.05) is 28.5 Å². The molecule has 1 aromatic carbocycles. The van der Waals surface area contributed by atoms with Crippen LogP contribution in [0.4, 0.5) is 4.39 Å². The van der Waals surface area contributed by atoms with Crippen molar-refractivity contribution < 1.29 is 4.39 Å². The Hall–Kier alpha value is -0.120. The van der Waals surface area contributed by atoms with Gasteiger partial charge in [-0.15, -0.1) is 11.6 Å². The van der Waals surface area contributed by atoms with E-state index in [1.165, 1.54) is 25.3 Å². The highest BCUT2D eigenvalue weighted by Crippen LogP contribution is 2.27. The van der Waals surface area contributed by atoms with E-state index in [2.05, 4.69) is 20.8 Å². The fourth-order valence-corrected chi connectivity index (χ4v) is 2.73. The summed E-state index contributed by atoms with van der Waals surface area (Å²) in [6.07, 6.45) is 4.74.